The Labute approximate surface area is 102 Å². The number of aromatic nitrogens is 1. The highest BCUT2D eigenvalue weighted by Gasteiger charge is 2.26. The van der Waals surface area contributed by atoms with Crippen molar-refractivity contribution >= 4 is 11.6 Å². The summed E-state index contributed by atoms with van der Waals surface area (Å²) in [6.45, 7) is -0.433. The van der Waals surface area contributed by atoms with E-state index < -0.39 is 19.2 Å². The molecule has 92 valence electrons. The van der Waals surface area contributed by atoms with Gasteiger partial charge in [-0.1, -0.05) is 11.8 Å². The van der Waals surface area contributed by atoms with E-state index in [1.807, 2.05) is 0 Å². The number of hydrogen-bond acceptors (Lipinski definition) is 2. The summed E-state index contributed by atoms with van der Waals surface area (Å²) < 4.78 is 40.5. The zero-order valence-corrected chi connectivity index (χ0v) is 9.48. The molecule has 0 atom stereocenters. The van der Waals surface area contributed by atoms with E-state index in [1.54, 1.807) is 0 Å². The molecule has 0 unspecified atom stereocenters. The minimum absolute atomic E-state index is 0.180. The predicted molar refractivity (Wildman–Crippen MR) is 58.0 cm³/mol. The monoisotopic (exact) mass is 263 g/mol. The van der Waals surface area contributed by atoms with E-state index in [0.717, 1.165) is 0 Å². The summed E-state index contributed by atoms with van der Waals surface area (Å²) >= 11 is 5.37. The number of ether oxygens (including phenoxy) is 1. The number of rotatable bonds is 3. The molecule has 6 heteroatoms. The van der Waals surface area contributed by atoms with Crippen LogP contribution >= 0.6 is 11.6 Å². The summed E-state index contributed by atoms with van der Waals surface area (Å²) in [6, 6.07) is 1.52. The molecule has 1 rings (SSSR count). The van der Waals surface area contributed by atoms with Gasteiger partial charge in [0, 0.05) is 11.8 Å². The minimum Gasteiger partial charge on any atom is -0.492 e. The van der Waals surface area contributed by atoms with Crippen molar-refractivity contribution in [1.82, 2.24) is 4.98 Å². The van der Waals surface area contributed by atoms with Gasteiger partial charge >= 0.3 is 6.18 Å². The second-order valence-corrected chi connectivity index (χ2v) is 3.33. The molecule has 0 aliphatic rings. The molecule has 1 aromatic rings. The second kappa shape index (κ2) is 6.36. The SMILES string of the molecule is FC(F)(F)CCOc1cncc(C#CCCl)c1. The first kappa shape index (κ1) is 13.7. The standard InChI is InChI=1S/C11H9ClF3NO/c12-4-1-2-9-6-10(8-16-7-9)17-5-3-11(13,14)15/h6-8H,3-5H2. The summed E-state index contributed by atoms with van der Waals surface area (Å²) in [5, 5.41) is 0. The Balaban J connectivity index is 2.54. The Morgan fingerprint density at radius 3 is 2.76 bits per heavy atom. The van der Waals surface area contributed by atoms with Gasteiger partial charge in [0.1, 0.15) is 5.75 Å². The van der Waals surface area contributed by atoms with Crippen molar-refractivity contribution in [2.24, 2.45) is 0 Å². The smallest absolute Gasteiger partial charge is 0.392 e. The molecule has 0 saturated carbocycles. The molecule has 0 saturated heterocycles. The van der Waals surface area contributed by atoms with E-state index in [0.29, 0.717) is 5.56 Å². The average molecular weight is 264 g/mol. The molecular weight excluding hydrogens is 255 g/mol. The third-order valence-corrected chi connectivity index (χ3v) is 1.80. The van der Waals surface area contributed by atoms with E-state index in [2.05, 4.69) is 16.8 Å². The molecular formula is C11H9ClF3NO. The summed E-state index contributed by atoms with van der Waals surface area (Å²) in [6.07, 6.45) is -2.40. The van der Waals surface area contributed by atoms with E-state index in [4.69, 9.17) is 16.3 Å². The minimum atomic E-state index is -4.22. The lowest BCUT2D eigenvalue weighted by molar-refractivity contribution is -0.139. The molecule has 0 amide bonds. The van der Waals surface area contributed by atoms with E-state index >= 15 is 0 Å². The first-order valence-corrected chi connectivity index (χ1v) is 5.24. The summed E-state index contributed by atoms with van der Waals surface area (Å²) in [4.78, 5) is 3.80. The van der Waals surface area contributed by atoms with Crippen LogP contribution in [-0.4, -0.2) is 23.6 Å². The number of pyridine rings is 1. The van der Waals surface area contributed by atoms with Crippen LogP contribution in [0.4, 0.5) is 13.2 Å². The van der Waals surface area contributed by atoms with Gasteiger partial charge in [0.2, 0.25) is 0 Å². The zero-order chi connectivity index (χ0) is 12.7. The lowest BCUT2D eigenvalue weighted by Crippen LogP contribution is -2.13. The van der Waals surface area contributed by atoms with Gasteiger partial charge in [-0.25, -0.2) is 0 Å². The number of halogens is 4. The molecule has 1 heterocycles. The fourth-order valence-electron chi connectivity index (χ4n) is 0.986. The van der Waals surface area contributed by atoms with Gasteiger partial charge in [-0.2, -0.15) is 13.2 Å². The fourth-order valence-corrected chi connectivity index (χ4v) is 1.05. The molecule has 17 heavy (non-hydrogen) atoms. The van der Waals surface area contributed by atoms with E-state index in [-0.39, 0.29) is 11.6 Å². The van der Waals surface area contributed by atoms with Crippen LogP contribution in [0.3, 0.4) is 0 Å². The fraction of sp³-hybridized carbons (Fsp3) is 0.364. The first-order valence-electron chi connectivity index (χ1n) is 4.71. The largest absolute Gasteiger partial charge is 0.492 e. The maximum absolute atomic E-state index is 11.9. The van der Waals surface area contributed by atoms with Crippen LogP contribution in [0.25, 0.3) is 0 Å². The maximum Gasteiger partial charge on any atom is 0.392 e. The number of alkyl halides is 4. The Kier molecular flexibility index (Phi) is 5.11. The van der Waals surface area contributed by atoms with Crippen molar-refractivity contribution in [3.8, 4) is 17.6 Å². The van der Waals surface area contributed by atoms with Crippen molar-refractivity contribution < 1.29 is 17.9 Å². The molecule has 0 fully saturated rings. The Morgan fingerprint density at radius 1 is 1.35 bits per heavy atom. The highest BCUT2D eigenvalue weighted by atomic mass is 35.5. The lowest BCUT2D eigenvalue weighted by atomic mass is 10.3. The Hall–Kier alpha value is -1.41. The highest BCUT2D eigenvalue weighted by molar-refractivity contribution is 6.19. The second-order valence-electron chi connectivity index (χ2n) is 3.06. The van der Waals surface area contributed by atoms with Crippen LogP contribution < -0.4 is 4.74 Å². The van der Waals surface area contributed by atoms with Gasteiger partial charge in [0.05, 0.1) is 25.1 Å². The van der Waals surface area contributed by atoms with Crippen molar-refractivity contribution in [2.75, 3.05) is 12.5 Å². The first-order chi connectivity index (χ1) is 8.01. The molecule has 0 bridgehead atoms. The molecule has 0 aliphatic heterocycles. The normalized spacial score (nSPS) is 10.6. The lowest BCUT2D eigenvalue weighted by Gasteiger charge is -2.08. The Bertz CT molecular complexity index is 423. The van der Waals surface area contributed by atoms with Crippen LogP contribution in [0.2, 0.25) is 0 Å². The van der Waals surface area contributed by atoms with Gasteiger partial charge in [-0.15, -0.1) is 11.6 Å². The molecule has 1 aromatic heterocycles. The van der Waals surface area contributed by atoms with Crippen molar-refractivity contribution in [3.05, 3.63) is 24.0 Å². The Morgan fingerprint density at radius 2 is 2.12 bits per heavy atom. The average Bonchev–Trinajstić information content (AvgIpc) is 2.25. The quantitative estimate of drug-likeness (QED) is 0.618. The molecule has 0 aromatic carbocycles. The molecule has 0 aliphatic carbocycles. The molecule has 0 spiro atoms. The molecule has 2 nitrogen and oxygen atoms in total. The van der Waals surface area contributed by atoms with Crippen molar-refractivity contribution in [2.45, 2.75) is 12.6 Å². The maximum atomic E-state index is 11.9. The molecule has 0 radical (unpaired) electrons. The van der Waals surface area contributed by atoms with Crippen LogP contribution in [0.15, 0.2) is 18.5 Å². The number of hydrogen-bond donors (Lipinski definition) is 0. The topological polar surface area (TPSA) is 22.1 Å². The predicted octanol–water partition coefficient (Wildman–Crippen LogP) is 3.00. The van der Waals surface area contributed by atoms with Gasteiger partial charge in [0.25, 0.3) is 0 Å². The van der Waals surface area contributed by atoms with Gasteiger partial charge in [-0.05, 0) is 6.07 Å². The van der Waals surface area contributed by atoms with Crippen LogP contribution in [0.5, 0.6) is 5.75 Å². The van der Waals surface area contributed by atoms with Crippen LogP contribution in [0, 0.1) is 11.8 Å². The van der Waals surface area contributed by atoms with E-state index in [9.17, 15) is 13.2 Å². The summed E-state index contributed by atoms with van der Waals surface area (Å²) in [5.74, 6) is 5.75. The summed E-state index contributed by atoms with van der Waals surface area (Å²) in [5.41, 5.74) is 0.551. The van der Waals surface area contributed by atoms with Crippen LogP contribution in [0.1, 0.15) is 12.0 Å². The molecule has 0 N–H and O–H groups in total. The van der Waals surface area contributed by atoms with Gasteiger partial charge in [0.15, 0.2) is 0 Å². The third-order valence-electron chi connectivity index (χ3n) is 1.67. The van der Waals surface area contributed by atoms with E-state index in [1.165, 1.54) is 18.5 Å². The number of nitrogens with zero attached hydrogens (tertiary/aromatic N) is 1. The van der Waals surface area contributed by atoms with Gasteiger partial charge < -0.3 is 4.74 Å². The van der Waals surface area contributed by atoms with Gasteiger partial charge in [-0.3, -0.25) is 4.98 Å². The zero-order valence-electron chi connectivity index (χ0n) is 8.72. The summed E-state index contributed by atoms with van der Waals surface area (Å²) in [7, 11) is 0. The van der Waals surface area contributed by atoms with Crippen molar-refractivity contribution in [3.63, 3.8) is 0 Å². The highest BCUT2D eigenvalue weighted by Crippen LogP contribution is 2.20. The third kappa shape index (κ3) is 6.03. The van der Waals surface area contributed by atoms with Crippen LogP contribution in [-0.2, 0) is 0 Å². The van der Waals surface area contributed by atoms with Crippen molar-refractivity contribution in [1.29, 1.82) is 0 Å².